The molecule has 0 aromatic heterocycles. The van der Waals surface area contributed by atoms with E-state index in [-0.39, 0.29) is 11.5 Å². The summed E-state index contributed by atoms with van der Waals surface area (Å²) in [5.41, 5.74) is 7.42. The van der Waals surface area contributed by atoms with Crippen molar-refractivity contribution in [3.8, 4) is 11.5 Å². The fraction of sp³-hybridized carbons (Fsp3) is 0.294. The van der Waals surface area contributed by atoms with E-state index in [1.54, 1.807) is 0 Å². The standard InChI is InChI=1S/C17H21NO/c1-17(2,3)16(18)13-9-11-15(12-10-13)19-14-7-5-4-6-8-14/h4-12,16H,18H2,1-3H3/t16-/m1/s1. The maximum atomic E-state index is 6.23. The Morgan fingerprint density at radius 2 is 1.37 bits per heavy atom. The van der Waals surface area contributed by atoms with E-state index >= 15 is 0 Å². The zero-order chi connectivity index (χ0) is 13.9. The maximum absolute atomic E-state index is 6.23. The van der Waals surface area contributed by atoms with Crippen molar-refractivity contribution in [3.05, 3.63) is 60.2 Å². The minimum Gasteiger partial charge on any atom is -0.457 e. The average molecular weight is 255 g/mol. The Hall–Kier alpha value is -1.80. The van der Waals surface area contributed by atoms with Crippen LogP contribution in [0.1, 0.15) is 32.4 Å². The average Bonchev–Trinajstić information content (AvgIpc) is 2.39. The summed E-state index contributed by atoms with van der Waals surface area (Å²) in [5, 5.41) is 0. The predicted molar refractivity (Wildman–Crippen MR) is 79.3 cm³/mol. The van der Waals surface area contributed by atoms with Gasteiger partial charge in [-0.2, -0.15) is 0 Å². The second kappa shape index (κ2) is 5.45. The van der Waals surface area contributed by atoms with Gasteiger partial charge in [0.15, 0.2) is 0 Å². The first-order valence-corrected chi connectivity index (χ1v) is 6.55. The van der Waals surface area contributed by atoms with Gasteiger partial charge in [-0.15, -0.1) is 0 Å². The number of nitrogens with two attached hydrogens (primary N) is 1. The third kappa shape index (κ3) is 3.58. The molecular formula is C17H21NO. The molecular weight excluding hydrogens is 234 g/mol. The molecule has 2 nitrogen and oxygen atoms in total. The maximum Gasteiger partial charge on any atom is 0.127 e. The molecule has 2 heteroatoms. The number of para-hydroxylation sites is 1. The number of ether oxygens (including phenoxy) is 1. The van der Waals surface area contributed by atoms with Crippen LogP contribution in [0.5, 0.6) is 11.5 Å². The van der Waals surface area contributed by atoms with Gasteiger partial charge in [-0.05, 0) is 35.2 Å². The van der Waals surface area contributed by atoms with Crippen molar-refractivity contribution in [2.24, 2.45) is 11.1 Å². The third-order valence-electron chi connectivity index (χ3n) is 3.15. The molecule has 0 aliphatic carbocycles. The van der Waals surface area contributed by atoms with E-state index in [9.17, 15) is 0 Å². The van der Waals surface area contributed by atoms with E-state index in [2.05, 4.69) is 20.8 Å². The van der Waals surface area contributed by atoms with Gasteiger partial charge in [0, 0.05) is 6.04 Å². The first kappa shape index (κ1) is 13.6. The molecule has 0 amide bonds. The summed E-state index contributed by atoms with van der Waals surface area (Å²) in [4.78, 5) is 0. The van der Waals surface area contributed by atoms with Crippen molar-refractivity contribution in [3.63, 3.8) is 0 Å². The lowest BCUT2D eigenvalue weighted by Crippen LogP contribution is -2.26. The van der Waals surface area contributed by atoms with Gasteiger partial charge in [-0.25, -0.2) is 0 Å². The third-order valence-corrected chi connectivity index (χ3v) is 3.15. The van der Waals surface area contributed by atoms with Crippen molar-refractivity contribution >= 4 is 0 Å². The topological polar surface area (TPSA) is 35.2 Å². The lowest BCUT2D eigenvalue weighted by molar-refractivity contribution is 0.327. The first-order valence-electron chi connectivity index (χ1n) is 6.55. The minimum absolute atomic E-state index is 0.0262. The molecule has 0 fully saturated rings. The summed E-state index contributed by atoms with van der Waals surface area (Å²) in [6.45, 7) is 6.43. The highest BCUT2D eigenvalue weighted by atomic mass is 16.5. The Morgan fingerprint density at radius 3 is 1.89 bits per heavy atom. The summed E-state index contributed by atoms with van der Waals surface area (Å²) in [6.07, 6.45) is 0. The molecule has 0 aliphatic rings. The highest BCUT2D eigenvalue weighted by Gasteiger charge is 2.21. The molecule has 0 aliphatic heterocycles. The van der Waals surface area contributed by atoms with Gasteiger partial charge in [0.2, 0.25) is 0 Å². The van der Waals surface area contributed by atoms with Crippen molar-refractivity contribution < 1.29 is 4.74 Å². The van der Waals surface area contributed by atoms with Gasteiger partial charge in [0.1, 0.15) is 11.5 Å². The Labute approximate surface area is 115 Å². The van der Waals surface area contributed by atoms with E-state index in [0.29, 0.717) is 0 Å². The van der Waals surface area contributed by atoms with Gasteiger partial charge < -0.3 is 10.5 Å². The second-order valence-electron chi connectivity index (χ2n) is 5.83. The number of hydrogen-bond donors (Lipinski definition) is 1. The molecule has 0 bridgehead atoms. The van der Waals surface area contributed by atoms with Gasteiger partial charge in [-0.1, -0.05) is 51.1 Å². The first-order chi connectivity index (χ1) is 8.97. The zero-order valence-electron chi connectivity index (χ0n) is 11.8. The fourth-order valence-corrected chi connectivity index (χ4v) is 1.87. The SMILES string of the molecule is CC(C)(C)[C@H](N)c1ccc(Oc2ccccc2)cc1. The summed E-state index contributed by atoms with van der Waals surface area (Å²) in [5.74, 6) is 1.67. The van der Waals surface area contributed by atoms with Crippen LogP contribution in [-0.4, -0.2) is 0 Å². The lowest BCUT2D eigenvalue weighted by Gasteiger charge is -2.27. The van der Waals surface area contributed by atoms with Crippen LogP contribution in [0.4, 0.5) is 0 Å². The fourth-order valence-electron chi connectivity index (χ4n) is 1.87. The number of hydrogen-bond acceptors (Lipinski definition) is 2. The van der Waals surface area contributed by atoms with Crippen molar-refractivity contribution in [1.82, 2.24) is 0 Å². The van der Waals surface area contributed by atoms with Crippen LogP contribution in [0.15, 0.2) is 54.6 Å². The number of rotatable bonds is 3. The monoisotopic (exact) mass is 255 g/mol. The molecule has 0 radical (unpaired) electrons. The Balaban J connectivity index is 2.11. The van der Waals surface area contributed by atoms with E-state index < -0.39 is 0 Å². The molecule has 19 heavy (non-hydrogen) atoms. The smallest absolute Gasteiger partial charge is 0.127 e. The normalized spacial score (nSPS) is 13.1. The molecule has 0 unspecified atom stereocenters. The van der Waals surface area contributed by atoms with E-state index in [0.717, 1.165) is 17.1 Å². The summed E-state index contributed by atoms with van der Waals surface area (Å²) >= 11 is 0. The Morgan fingerprint density at radius 1 is 0.842 bits per heavy atom. The Bertz CT molecular complexity index is 511. The van der Waals surface area contributed by atoms with E-state index in [4.69, 9.17) is 10.5 Å². The van der Waals surface area contributed by atoms with Crippen LogP contribution in [0, 0.1) is 5.41 Å². The highest BCUT2D eigenvalue weighted by molar-refractivity contribution is 5.34. The summed E-state index contributed by atoms with van der Waals surface area (Å²) < 4.78 is 5.76. The highest BCUT2D eigenvalue weighted by Crippen LogP contribution is 2.31. The molecule has 0 saturated heterocycles. The van der Waals surface area contributed by atoms with Gasteiger partial charge in [-0.3, -0.25) is 0 Å². The molecule has 0 heterocycles. The summed E-state index contributed by atoms with van der Waals surface area (Å²) in [6, 6.07) is 17.8. The molecule has 2 aromatic carbocycles. The molecule has 100 valence electrons. The van der Waals surface area contributed by atoms with E-state index in [1.165, 1.54) is 0 Å². The number of benzene rings is 2. The van der Waals surface area contributed by atoms with Gasteiger partial charge in [0.25, 0.3) is 0 Å². The zero-order valence-corrected chi connectivity index (χ0v) is 11.8. The van der Waals surface area contributed by atoms with Crippen LogP contribution in [0.25, 0.3) is 0 Å². The van der Waals surface area contributed by atoms with Crippen LogP contribution in [0.3, 0.4) is 0 Å². The minimum atomic E-state index is 0.0262. The van der Waals surface area contributed by atoms with Crippen LogP contribution >= 0.6 is 0 Å². The van der Waals surface area contributed by atoms with Gasteiger partial charge >= 0.3 is 0 Å². The summed E-state index contributed by atoms with van der Waals surface area (Å²) in [7, 11) is 0. The predicted octanol–water partition coefficient (Wildman–Crippen LogP) is 4.52. The van der Waals surface area contributed by atoms with Crippen LogP contribution < -0.4 is 10.5 Å². The molecule has 1 atom stereocenters. The van der Waals surface area contributed by atoms with Gasteiger partial charge in [0.05, 0.1) is 0 Å². The lowest BCUT2D eigenvalue weighted by atomic mass is 9.83. The molecule has 0 saturated carbocycles. The van der Waals surface area contributed by atoms with Crippen molar-refractivity contribution in [2.75, 3.05) is 0 Å². The molecule has 2 aromatic rings. The van der Waals surface area contributed by atoms with Crippen molar-refractivity contribution in [2.45, 2.75) is 26.8 Å². The van der Waals surface area contributed by atoms with Crippen LogP contribution in [-0.2, 0) is 0 Å². The molecule has 2 N–H and O–H groups in total. The quantitative estimate of drug-likeness (QED) is 0.874. The van der Waals surface area contributed by atoms with Crippen molar-refractivity contribution in [1.29, 1.82) is 0 Å². The van der Waals surface area contributed by atoms with E-state index in [1.807, 2.05) is 54.6 Å². The molecule has 2 rings (SSSR count). The largest absolute Gasteiger partial charge is 0.457 e. The molecule has 0 spiro atoms. The Kier molecular flexibility index (Phi) is 3.91. The second-order valence-corrected chi connectivity index (χ2v) is 5.83. The van der Waals surface area contributed by atoms with Crippen LogP contribution in [0.2, 0.25) is 0 Å².